The largest absolute Gasteiger partial charge is 0.467 e. The van der Waals surface area contributed by atoms with Gasteiger partial charge in [-0.15, -0.1) is 0 Å². The van der Waals surface area contributed by atoms with Crippen molar-refractivity contribution in [3.63, 3.8) is 0 Å². The van der Waals surface area contributed by atoms with E-state index in [1.54, 1.807) is 0 Å². The van der Waals surface area contributed by atoms with Crippen LogP contribution in [0.2, 0.25) is 0 Å². The second-order valence-electron chi connectivity index (χ2n) is 1.85. The van der Waals surface area contributed by atoms with Gasteiger partial charge in [0.2, 0.25) is 5.91 Å². The number of hydrogen-bond donors (Lipinski definition) is 1. The first kappa shape index (κ1) is 10.3. The van der Waals surface area contributed by atoms with E-state index < -0.39 is 17.9 Å². The average molecular weight is 171 g/mol. The molecule has 1 N–H and O–H groups in total. The molecule has 12 heavy (non-hydrogen) atoms. The molecule has 0 aromatic rings. The van der Waals surface area contributed by atoms with E-state index >= 15 is 0 Å². The Morgan fingerprint density at radius 3 is 2.50 bits per heavy atom. The standard InChI is InChI=1S/C7H9NO4/c1-3-6(10)8-5(4-9)7(11)12-2/h3-5H,1H2,2H3,(H,8,10)/t5-/m0/s1. The van der Waals surface area contributed by atoms with Gasteiger partial charge in [0, 0.05) is 0 Å². The summed E-state index contributed by atoms with van der Waals surface area (Å²) in [6.07, 6.45) is 1.24. The lowest BCUT2D eigenvalue weighted by atomic mass is 10.3. The smallest absolute Gasteiger partial charge is 0.335 e. The molecule has 0 bridgehead atoms. The van der Waals surface area contributed by atoms with Gasteiger partial charge in [0.25, 0.3) is 0 Å². The van der Waals surface area contributed by atoms with Crippen LogP contribution in [-0.2, 0) is 19.1 Å². The first-order chi connectivity index (χ1) is 5.65. The highest BCUT2D eigenvalue weighted by atomic mass is 16.5. The van der Waals surface area contributed by atoms with Crippen molar-refractivity contribution >= 4 is 18.2 Å². The van der Waals surface area contributed by atoms with E-state index in [4.69, 9.17) is 0 Å². The van der Waals surface area contributed by atoms with Crippen molar-refractivity contribution in [2.45, 2.75) is 6.04 Å². The van der Waals surface area contributed by atoms with Gasteiger partial charge in [-0.1, -0.05) is 6.58 Å². The van der Waals surface area contributed by atoms with Crippen LogP contribution in [0.3, 0.4) is 0 Å². The van der Waals surface area contributed by atoms with E-state index in [0.717, 1.165) is 13.2 Å². The molecule has 0 aliphatic heterocycles. The predicted molar refractivity (Wildman–Crippen MR) is 40.2 cm³/mol. The molecule has 0 aliphatic rings. The van der Waals surface area contributed by atoms with E-state index in [0.29, 0.717) is 0 Å². The number of methoxy groups -OCH3 is 1. The van der Waals surface area contributed by atoms with Crippen molar-refractivity contribution in [1.82, 2.24) is 5.32 Å². The number of rotatable bonds is 4. The van der Waals surface area contributed by atoms with Crippen molar-refractivity contribution in [1.29, 1.82) is 0 Å². The molecule has 1 atom stereocenters. The van der Waals surface area contributed by atoms with Crippen LogP contribution in [0.25, 0.3) is 0 Å². The number of esters is 1. The topological polar surface area (TPSA) is 72.5 Å². The lowest BCUT2D eigenvalue weighted by Gasteiger charge is -2.07. The summed E-state index contributed by atoms with van der Waals surface area (Å²) in [7, 11) is 1.12. The third-order valence-corrected chi connectivity index (χ3v) is 1.07. The van der Waals surface area contributed by atoms with Crippen LogP contribution in [-0.4, -0.2) is 31.3 Å². The molecule has 0 saturated carbocycles. The summed E-state index contributed by atoms with van der Waals surface area (Å²) in [4.78, 5) is 31.5. The Morgan fingerprint density at radius 2 is 2.17 bits per heavy atom. The van der Waals surface area contributed by atoms with Gasteiger partial charge in [0.15, 0.2) is 12.3 Å². The molecule has 0 fully saturated rings. The normalized spacial score (nSPS) is 11.1. The van der Waals surface area contributed by atoms with E-state index in [1.165, 1.54) is 0 Å². The number of amides is 1. The predicted octanol–water partition coefficient (Wildman–Crippen LogP) is -0.971. The summed E-state index contributed by atoms with van der Waals surface area (Å²) in [6.45, 7) is 3.15. The number of hydrogen-bond acceptors (Lipinski definition) is 4. The van der Waals surface area contributed by atoms with E-state index in [1.807, 2.05) is 0 Å². The van der Waals surface area contributed by atoms with Crippen molar-refractivity contribution in [2.75, 3.05) is 7.11 Å². The Balaban J connectivity index is 4.17. The Bertz CT molecular complexity index is 211. The number of nitrogens with one attached hydrogen (secondary N) is 1. The quantitative estimate of drug-likeness (QED) is 0.255. The Morgan fingerprint density at radius 1 is 1.58 bits per heavy atom. The van der Waals surface area contributed by atoms with Gasteiger partial charge in [0.05, 0.1) is 7.11 Å². The molecule has 0 saturated heterocycles. The minimum Gasteiger partial charge on any atom is -0.467 e. The molecule has 0 unspecified atom stereocenters. The zero-order chi connectivity index (χ0) is 9.56. The molecule has 0 radical (unpaired) electrons. The van der Waals surface area contributed by atoms with E-state index in [9.17, 15) is 14.4 Å². The van der Waals surface area contributed by atoms with Crippen LogP contribution in [0, 0.1) is 0 Å². The molecular weight excluding hydrogens is 162 g/mol. The fourth-order valence-corrected chi connectivity index (χ4v) is 0.488. The summed E-state index contributed by atoms with van der Waals surface area (Å²) in [5.41, 5.74) is 0. The van der Waals surface area contributed by atoms with Crippen molar-refractivity contribution in [3.05, 3.63) is 12.7 Å². The van der Waals surface area contributed by atoms with Crippen LogP contribution in [0.5, 0.6) is 0 Å². The Labute approximate surface area is 69.4 Å². The molecule has 0 heterocycles. The maximum atomic E-state index is 10.7. The third-order valence-electron chi connectivity index (χ3n) is 1.07. The van der Waals surface area contributed by atoms with Crippen LogP contribution < -0.4 is 5.32 Å². The molecule has 0 aromatic heterocycles. The van der Waals surface area contributed by atoms with Crippen LogP contribution >= 0.6 is 0 Å². The highest BCUT2D eigenvalue weighted by molar-refractivity contribution is 5.98. The average Bonchev–Trinajstić information content (AvgIpc) is 2.12. The highest BCUT2D eigenvalue weighted by Crippen LogP contribution is 1.83. The van der Waals surface area contributed by atoms with Gasteiger partial charge < -0.3 is 14.8 Å². The van der Waals surface area contributed by atoms with Gasteiger partial charge in [-0.25, -0.2) is 4.79 Å². The van der Waals surface area contributed by atoms with Gasteiger partial charge in [-0.2, -0.15) is 0 Å². The summed E-state index contributed by atoms with van der Waals surface area (Å²) in [6, 6.07) is -1.25. The van der Waals surface area contributed by atoms with Crippen molar-refractivity contribution < 1.29 is 19.1 Å². The number of carbonyl (C=O) groups excluding carboxylic acids is 3. The molecule has 66 valence electrons. The Hall–Kier alpha value is -1.65. The van der Waals surface area contributed by atoms with Gasteiger partial charge in [-0.05, 0) is 6.08 Å². The zero-order valence-electron chi connectivity index (χ0n) is 6.57. The number of aldehydes is 1. The Kier molecular flexibility index (Phi) is 4.36. The molecule has 1 amide bonds. The fraction of sp³-hybridized carbons (Fsp3) is 0.286. The van der Waals surface area contributed by atoms with Crippen LogP contribution in [0.4, 0.5) is 0 Å². The first-order valence-corrected chi connectivity index (χ1v) is 3.11. The number of carbonyl (C=O) groups is 3. The SMILES string of the molecule is C=CC(=O)N[C@@H](C=O)C(=O)OC. The van der Waals surface area contributed by atoms with Gasteiger partial charge in [0.1, 0.15) is 0 Å². The van der Waals surface area contributed by atoms with Crippen LogP contribution in [0.15, 0.2) is 12.7 Å². The maximum Gasteiger partial charge on any atom is 0.335 e. The zero-order valence-corrected chi connectivity index (χ0v) is 6.57. The lowest BCUT2D eigenvalue weighted by Crippen LogP contribution is -2.41. The summed E-state index contributed by atoms with van der Waals surface area (Å²) in [5, 5.41) is 2.07. The maximum absolute atomic E-state index is 10.7. The molecule has 5 heteroatoms. The van der Waals surface area contributed by atoms with Crippen molar-refractivity contribution in [2.24, 2.45) is 0 Å². The third kappa shape index (κ3) is 2.96. The van der Waals surface area contributed by atoms with Gasteiger partial charge in [-0.3, -0.25) is 4.79 Å². The number of ether oxygens (including phenoxy) is 1. The monoisotopic (exact) mass is 171 g/mol. The molecule has 5 nitrogen and oxygen atoms in total. The minimum atomic E-state index is -1.25. The molecule has 0 aliphatic carbocycles. The molecular formula is C7H9NO4. The fourth-order valence-electron chi connectivity index (χ4n) is 0.488. The molecule has 0 rings (SSSR count). The molecule has 0 spiro atoms. The summed E-state index contributed by atoms with van der Waals surface area (Å²) >= 11 is 0. The van der Waals surface area contributed by atoms with E-state index in [2.05, 4.69) is 16.6 Å². The van der Waals surface area contributed by atoms with Crippen LogP contribution in [0.1, 0.15) is 0 Å². The minimum absolute atomic E-state index is 0.285. The second-order valence-corrected chi connectivity index (χ2v) is 1.85. The summed E-state index contributed by atoms with van der Waals surface area (Å²) in [5.74, 6) is -1.40. The van der Waals surface area contributed by atoms with Crippen molar-refractivity contribution in [3.8, 4) is 0 Å². The second kappa shape index (κ2) is 5.06. The first-order valence-electron chi connectivity index (χ1n) is 3.11. The summed E-state index contributed by atoms with van der Waals surface area (Å²) < 4.78 is 4.23. The van der Waals surface area contributed by atoms with Gasteiger partial charge >= 0.3 is 5.97 Å². The lowest BCUT2D eigenvalue weighted by molar-refractivity contribution is -0.145. The molecule has 0 aromatic carbocycles. The highest BCUT2D eigenvalue weighted by Gasteiger charge is 2.18. The van der Waals surface area contributed by atoms with E-state index in [-0.39, 0.29) is 6.29 Å².